The Morgan fingerprint density at radius 2 is 0.576 bits per heavy atom. The molecule has 10 aromatic rings. The van der Waals surface area contributed by atoms with Gasteiger partial charge in [-0.3, -0.25) is 0 Å². The summed E-state index contributed by atoms with van der Waals surface area (Å²) in [6.07, 6.45) is 0. The van der Waals surface area contributed by atoms with Crippen molar-refractivity contribution in [3.8, 4) is 55.6 Å². The molecule has 0 N–H and O–H groups in total. The number of nitrogens with zero attached hydrogens (tertiary/aromatic N) is 2. The van der Waals surface area contributed by atoms with Crippen molar-refractivity contribution in [2.45, 2.75) is 26.2 Å². The number of benzene rings is 10. The van der Waals surface area contributed by atoms with Crippen molar-refractivity contribution < 1.29 is 0 Å². The van der Waals surface area contributed by atoms with Crippen LogP contribution in [0.1, 0.15) is 30.5 Å². The van der Waals surface area contributed by atoms with Gasteiger partial charge >= 0.3 is 0 Å². The maximum Gasteiger partial charge on any atom is 0.0465 e. The summed E-state index contributed by atoms with van der Waals surface area (Å²) in [5, 5.41) is 0. The minimum atomic E-state index is -0.249. The molecule has 316 valence electrons. The molecule has 11 rings (SSSR count). The molecule has 0 aromatic heterocycles. The molecule has 0 unspecified atom stereocenters. The lowest BCUT2D eigenvalue weighted by Crippen LogP contribution is -2.17. The van der Waals surface area contributed by atoms with E-state index >= 15 is 0 Å². The maximum atomic E-state index is 2.43. The third-order valence-corrected chi connectivity index (χ3v) is 13.3. The zero-order valence-electron chi connectivity index (χ0n) is 37.6. The van der Waals surface area contributed by atoms with Crippen molar-refractivity contribution in [2.75, 3.05) is 9.80 Å². The Bertz CT molecular complexity index is 3300. The summed E-state index contributed by atoms with van der Waals surface area (Å²) < 4.78 is 0. The largest absolute Gasteiger partial charge is 0.310 e. The molecule has 10 aromatic carbocycles. The van der Waals surface area contributed by atoms with Crippen molar-refractivity contribution in [3.05, 3.63) is 265 Å². The second kappa shape index (κ2) is 17.1. The predicted octanol–water partition coefficient (Wildman–Crippen LogP) is 17.9. The van der Waals surface area contributed by atoms with Gasteiger partial charge in [-0.25, -0.2) is 0 Å². The van der Waals surface area contributed by atoms with Crippen LogP contribution in [0.15, 0.2) is 249 Å². The van der Waals surface area contributed by atoms with Crippen LogP contribution in [-0.2, 0) is 5.41 Å². The summed E-state index contributed by atoms with van der Waals surface area (Å²) in [5.74, 6) is 0. The molecule has 0 heterocycles. The van der Waals surface area contributed by atoms with E-state index in [1.165, 1.54) is 72.3 Å². The first kappa shape index (κ1) is 40.6. The average Bonchev–Trinajstić information content (AvgIpc) is 3.60. The molecule has 0 radical (unpaired) electrons. The highest BCUT2D eigenvalue weighted by molar-refractivity contribution is 5.89. The Hall–Kier alpha value is -8.20. The number of hydrogen-bond acceptors (Lipinski definition) is 2. The number of fused-ring (bicyclic) bond motifs is 3. The zero-order chi connectivity index (χ0) is 44.6. The Kier molecular flexibility index (Phi) is 10.5. The molecular formula is C64H50N2. The molecule has 2 nitrogen and oxygen atoms in total. The highest BCUT2D eigenvalue weighted by atomic mass is 15.1. The third-order valence-electron chi connectivity index (χ3n) is 13.3. The molecule has 0 saturated carbocycles. The summed E-state index contributed by atoms with van der Waals surface area (Å²) >= 11 is 0. The van der Waals surface area contributed by atoms with Crippen LogP contribution in [-0.4, -0.2) is 0 Å². The number of anilines is 6. The topological polar surface area (TPSA) is 6.48 Å². The predicted molar refractivity (Wildman–Crippen MR) is 280 cm³/mol. The van der Waals surface area contributed by atoms with E-state index in [2.05, 4.69) is 279 Å². The van der Waals surface area contributed by atoms with E-state index in [0.717, 1.165) is 34.1 Å². The van der Waals surface area contributed by atoms with E-state index in [1.54, 1.807) is 0 Å². The molecule has 66 heavy (non-hydrogen) atoms. The van der Waals surface area contributed by atoms with Crippen LogP contribution >= 0.6 is 0 Å². The van der Waals surface area contributed by atoms with E-state index in [4.69, 9.17) is 0 Å². The van der Waals surface area contributed by atoms with Gasteiger partial charge in [0.15, 0.2) is 0 Å². The Morgan fingerprint density at radius 3 is 1.06 bits per heavy atom. The van der Waals surface area contributed by atoms with E-state index < -0.39 is 0 Å². The molecule has 0 fully saturated rings. The number of rotatable bonds is 10. The van der Waals surface area contributed by atoms with E-state index in [9.17, 15) is 0 Å². The molecule has 1 aliphatic carbocycles. The van der Waals surface area contributed by atoms with Gasteiger partial charge in [-0.05, 0) is 158 Å². The molecule has 2 heteroatoms. The minimum absolute atomic E-state index is 0.249. The Labute approximate surface area is 389 Å². The van der Waals surface area contributed by atoms with Crippen LogP contribution in [0.3, 0.4) is 0 Å². The van der Waals surface area contributed by atoms with Gasteiger partial charge in [-0.1, -0.05) is 184 Å². The normalized spacial score (nSPS) is 12.3. The van der Waals surface area contributed by atoms with E-state index in [0.29, 0.717) is 0 Å². The quantitative estimate of drug-likeness (QED) is 0.135. The molecule has 0 amide bonds. The van der Waals surface area contributed by atoms with Gasteiger partial charge in [0.05, 0.1) is 0 Å². The van der Waals surface area contributed by atoms with Crippen molar-refractivity contribution in [1.29, 1.82) is 0 Å². The van der Waals surface area contributed by atoms with Crippen molar-refractivity contribution in [3.63, 3.8) is 0 Å². The molecule has 0 atom stereocenters. The highest BCUT2D eigenvalue weighted by Crippen LogP contribution is 2.52. The van der Waals surface area contributed by atoms with E-state index in [-0.39, 0.29) is 5.41 Å². The lowest BCUT2D eigenvalue weighted by molar-refractivity contribution is 0.660. The zero-order valence-corrected chi connectivity index (χ0v) is 37.6. The van der Waals surface area contributed by atoms with Crippen LogP contribution in [0.25, 0.3) is 55.6 Å². The number of aryl methyl sites for hydroxylation is 1. The van der Waals surface area contributed by atoms with Gasteiger partial charge in [0.2, 0.25) is 0 Å². The van der Waals surface area contributed by atoms with Crippen molar-refractivity contribution >= 4 is 34.1 Å². The fraction of sp³-hybridized carbons (Fsp3) is 0.0625. The summed E-state index contributed by atoms with van der Waals surface area (Å²) in [6, 6.07) is 90.5. The maximum absolute atomic E-state index is 2.43. The lowest BCUT2D eigenvalue weighted by atomic mass is 9.82. The minimum Gasteiger partial charge on any atom is -0.310 e. The standard InChI is InChI=1S/C64H50N2/c1-45-15-13-24-57(41-45)66(56-35-31-51(32-36-56)53-21-14-20-52(42-53)47-18-9-5-10-19-47)59-38-40-61-60-39-37-58(43-62(60)64(2,3)63(61)44-59)65(54-22-11-6-12-23-54)55-33-29-50(30-34-55)49-27-25-48(26-28-49)46-16-7-4-8-17-46/h4-44H,1-3H3. The molecule has 0 spiro atoms. The van der Waals surface area contributed by atoms with Gasteiger partial charge in [0.1, 0.15) is 0 Å². The second-order valence-corrected chi connectivity index (χ2v) is 17.9. The van der Waals surface area contributed by atoms with Gasteiger partial charge < -0.3 is 9.80 Å². The van der Waals surface area contributed by atoms with Crippen molar-refractivity contribution in [1.82, 2.24) is 0 Å². The first-order valence-electron chi connectivity index (χ1n) is 22.9. The smallest absolute Gasteiger partial charge is 0.0465 e. The summed E-state index contributed by atoms with van der Waals surface area (Å²) in [7, 11) is 0. The van der Waals surface area contributed by atoms with Crippen LogP contribution < -0.4 is 9.80 Å². The summed E-state index contributed by atoms with van der Waals surface area (Å²) in [4.78, 5) is 4.79. The van der Waals surface area contributed by atoms with Gasteiger partial charge in [-0.2, -0.15) is 0 Å². The SMILES string of the molecule is Cc1cccc(N(c2ccc(-c3cccc(-c4ccccc4)c3)cc2)c2ccc3c(c2)C(C)(C)c2cc(N(c4ccccc4)c4ccc(-c5ccc(-c6ccccc6)cc5)cc4)ccc2-3)c1. The molecule has 0 bridgehead atoms. The molecule has 0 saturated heterocycles. The van der Waals surface area contributed by atoms with Crippen molar-refractivity contribution in [2.24, 2.45) is 0 Å². The lowest BCUT2D eigenvalue weighted by Gasteiger charge is -2.29. The monoisotopic (exact) mass is 846 g/mol. The molecular weight excluding hydrogens is 797 g/mol. The van der Waals surface area contributed by atoms with Gasteiger partial charge in [-0.15, -0.1) is 0 Å². The second-order valence-electron chi connectivity index (χ2n) is 17.9. The van der Waals surface area contributed by atoms with Crippen LogP contribution in [0, 0.1) is 6.92 Å². The number of para-hydroxylation sites is 1. The fourth-order valence-electron chi connectivity index (χ4n) is 9.83. The fourth-order valence-corrected chi connectivity index (χ4v) is 9.83. The third kappa shape index (κ3) is 7.67. The first-order valence-corrected chi connectivity index (χ1v) is 22.9. The van der Waals surface area contributed by atoms with Crippen LogP contribution in [0.4, 0.5) is 34.1 Å². The van der Waals surface area contributed by atoms with Crippen LogP contribution in [0.2, 0.25) is 0 Å². The molecule has 1 aliphatic rings. The summed E-state index contributed by atoms with van der Waals surface area (Å²) in [5.41, 5.74) is 22.7. The first-order chi connectivity index (χ1) is 32.4. The average molecular weight is 847 g/mol. The summed E-state index contributed by atoms with van der Waals surface area (Å²) in [6.45, 7) is 6.93. The van der Waals surface area contributed by atoms with E-state index in [1.807, 2.05) is 0 Å². The van der Waals surface area contributed by atoms with Gasteiger partial charge in [0.25, 0.3) is 0 Å². The number of hydrogen-bond donors (Lipinski definition) is 0. The Balaban J connectivity index is 0.921. The van der Waals surface area contributed by atoms with Crippen LogP contribution in [0.5, 0.6) is 0 Å². The van der Waals surface area contributed by atoms with Gasteiger partial charge in [0, 0.05) is 39.5 Å². The highest BCUT2D eigenvalue weighted by Gasteiger charge is 2.37. The molecule has 0 aliphatic heterocycles. The Morgan fingerprint density at radius 1 is 0.258 bits per heavy atom.